The van der Waals surface area contributed by atoms with Crippen LogP contribution in [0, 0.1) is 5.92 Å². The summed E-state index contributed by atoms with van der Waals surface area (Å²) in [6, 6.07) is 0. The lowest BCUT2D eigenvalue weighted by atomic mass is 9.98. The quantitative estimate of drug-likeness (QED) is 0.409. The van der Waals surface area contributed by atoms with Crippen LogP contribution in [0.3, 0.4) is 0 Å². The van der Waals surface area contributed by atoms with Gasteiger partial charge in [0.05, 0.1) is 37.9 Å². The Morgan fingerprint density at radius 1 is 1.36 bits per heavy atom. The van der Waals surface area contributed by atoms with E-state index in [1.165, 1.54) is 7.11 Å². The molecule has 7 heteroatoms. The van der Waals surface area contributed by atoms with Crippen LogP contribution in [0.15, 0.2) is 5.11 Å². The number of methoxy groups -OCH3 is 1. The van der Waals surface area contributed by atoms with E-state index in [4.69, 9.17) is 18.9 Å². The first kappa shape index (κ1) is 17.3. The molecule has 2 fully saturated rings. The largest absolute Gasteiger partial charge is 0.711 e. The van der Waals surface area contributed by atoms with Crippen molar-refractivity contribution in [2.75, 3.05) is 26.9 Å². The number of rotatable bonds is 7. The number of ether oxygens (including phenoxy) is 4. The number of esters is 1. The zero-order chi connectivity index (χ0) is 16.0. The molecular weight excluding hydrogens is 288 g/mol. The van der Waals surface area contributed by atoms with Crippen LogP contribution in [0.25, 0.3) is 5.53 Å². The fourth-order valence-electron chi connectivity index (χ4n) is 3.14. The lowest BCUT2D eigenvalue weighted by Gasteiger charge is -2.30. The molecule has 0 spiro atoms. The van der Waals surface area contributed by atoms with E-state index in [-0.39, 0.29) is 24.3 Å². The molecule has 0 bridgehead atoms. The molecule has 0 aromatic heterocycles. The molecule has 0 N–H and O–H groups in total. The molecule has 1 heterocycles. The van der Waals surface area contributed by atoms with Crippen LogP contribution in [0.2, 0.25) is 0 Å². The topological polar surface area (TPSA) is 88.7 Å². The summed E-state index contributed by atoms with van der Waals surface area (Å²) in [4.78, 5) is 11.7. The van der Waals surface area contributed by atoms with Crippen molar-refractivity contribution in [3.8, 4) is 0 Å². The zero-order valence-corrected chi connectivity index (χ0v) is 13.3. The van der Waals surface area contributed by atoms with E-state index in [1.54, 1.807) is 6.92 Å². The Bertz CT molecular complexity index is 386. The molecule has 7 nitrogen and oxygen atoms in total. The van der Waals surface area contributed by atoms with Gasteiger partial charge in [0, 0.05) is 6.61 Å². The molecule has 126 valence electrons. The molecular formula is C15H25N2O5-. The van der Waals surface area contributed by atoms with Gasteiger partial charge >= 0.3 is 5.97 Å². The summed E-state index contributed by atoms with van der Waals surface area (Å²) in [6.07, 6.45) is 3.58. The minimum Gasteiger partial charge on any atom is -0.711 e. The second-order valence-electron chi connectivity index (χ2n) is 6.14. The minimum atomic E-state index is -0.778. The average molecular weight is 313 g/mol. The van der Waals surface area contributed by atoms with E-state index < -0.39 is 5.54 Å². The molecule has 22 heavy (non-hydrogen) atoms. The van der Waals surface area contributed by atoms with Gasteiger partial charge in [0.2, 0.25) is 0 Å². The van der Waals surface area contributed by atoms with Crippen LogP contribution in [0.1, 0.15) is 39.0 Å². The van der Waals surface area contributed by atoms with Crippen molar-refractivity contribution >= 4 is 5.97 Å². The Kier molecular flexibility index (Phi) is 6.28. The number of hydrogen-bond donors (Lipinski definition) is 0. The third-order valence-corrected chi connectivity index (χ3v) is 4.46. The SMILES string of the molecule is COC(=O)C1C[C@H](OCCOC2CCCCO2)[C@](C)(N=[N-])C1. The van der Waals surface area contributed by atoms with Crippen molar-refractivity contribution in [2.24, 2.45) is 11.0 Å². The Morgan fingerprint density at radius 2 is 2.14 bits per heavy atom. The zero-order valence-electron chi connectivity index (χ0n) is 13.3. The number of carbonyl (C=O) groups is 1. The lowest BCUT2D eigenvalue weighted by molar-refractivity contribution is -0.172. The molecule has 1 saturated heterocycles. The summed E-state index contributed by atoms with van der Waals surface area (Å²) < 4.78 is 21.6. The third kappa shape index (κ3) is 4.24. The van der Waals surface area contributed by atoms with Crippen molar-refractivity contribution in [3.05, 3.63) is 5.53 Å². The number of carbonyl (C=O) groups excluding carboxylic acids is 1. The van der Waals surface area contributed by atoms with Crippen LogP contribution in [-0.4, -0.2) is 50.8 Å². The van der Waals surface area contributed by atoms with Gasteiger partial charge in [0.15, 0.2) is 6.29 Å². The van der Waals surface area contributed by atoms with Crippen molar-refractivity contribution in [3.63, 3.8) is 0 Å². The number of hydrogen-bond acceptors (Lipinski definition) is 6. The van der Waals surface area contributed by atoms with Crippen molar-refractivity contribution in [1.82, 2.24) is 0 Å². The van der Waals surface area contributed by atoms with Gasteiger partial charge in [-0.3, -0.25) is 4.79 Å². The monoisotopic (exact) mass is 313 g/mol. The fraction of sp³-hybridized carbons (Fsp3) is 0.933. The molecule has 2 rings (SSSR count). The van der Waals surface area contributed by atoms with Gasteiger partial charge in [-0.25, -0.2) is 0 Å². The maximum absolute atomic E-state index is 11.7. The average Bonchev–Trinajstić information content (AvgIpc) is 2.89. The second-order valence-corrected chi connectivity index (χ2v) is 6.14. The van der Waals surface area contributed by atoms with Gasteiger partial charge in [-0.1, -0.05) is 0 Å². The van der Waals surface area contributed by atoms with Crippen LogP contribution in [0.4, 0.5) is 0 Å². The molecule has 4 atom stereocenters. The first-order chi connectivity index (χ1) is 10.6. The predicted octanol–water partition coefficient (Wildman–Crippen LogP) is 2.28. The standard InChI is InChI=1S/C15H25N2O5/c1-15(17-16)10-11(14(18)19-2)9-12(15)20-7-8-22-13-5-3-4-6-21-13/h11-13H,3-10H2,1-2H3/q-1/t11?,12-,13?,15+/m0/s1. The first-order valence-corrected chi connectivity index (χ1v) is 7.88. The molecule has 1 aliphatic carbocycles. The highest BCUT2D eigenvalue weighted by Gasteiger charge is 2.46. The third-order valence-electron chi connectivity index (χ3n) is 4.46. The normalized spacial score (nSPS) is 35.3. The predicted molar refractivity (Wildman–Crippen MR) is 78.2 cm³/mol. The molecule has 0 radical (unpaired) electrons. The van der Waals surface area contributed by atoms with Crippen LogP contribution in [-0.2, 0) is 23.7 Å². The Hall–Kier alpha value is -1.05. The second kappa shape index (κ2) is 7.99. The maximum atomic E-state index is 11.7. The summed E-state index contributed by atoms with van der Waals surface area (Å²) in [5.74, 6) is -0.577. The Morgan fingerprint density at radius 3 is 2.77 bits per heavy atom. The minimum absolute atomic E-state index is 0.141. The molecule has 1 saturated carbocycles. The van der Waals surface area contributed by atoms with Gasteiger partial charge in [0.1, 0.15) is 0 Å². The highest BCUT2D eigenvalue weighted by atomic mass is 16.7. The van der Waals surface area contributed by atoms with E-state index in [0.717, 1.165) is 25.9 Å². The maximum Gasteiger partial charge on any atom is 0.308 e. The summed E-state index contributed by atoms with van der Waals surface area (Å²) in [6.45, 7) is 3.33. The van der Waals surface area contributed by atoms with Gasteiger partial charge in [-0.2, -0.15) is 0 Å². The highest BCUT2D eigenvalue weighted by molar-refractivity contribution is 5.73. The molecule has 0 amide bonds. The Balaban J connectivity index is 1.75. The summed E-state index contributed by atoms with van der Waals surface area (Å²) in [5.41, 5.74) is 8.49. The summed E-state index contributed by atoms with van der Waals surface area (Å²) in [7, 11) is 1.36. The molecule has 0 aromatic carbocycles. The van der Waals surface area contributed by atoms with Crippen molar-refractivity contribution in [2.45, 2.75) is 57.0 Å². The van der Waals surface area contributed by atoms with Crippen LogP contribution < -0.4 is 0 Å². The van der Waals surface area contributed by atoms with Crippen molar-refractivity contribution < 1.29 is 23.7 Å². The van der Waals surface area contributed by atoms with E-state index in [9.17, 15) is 10.3 Å². The van der Waals surface area contributed by atoms with E-state index in [1.807, 2.05) is 0 Å². The van der Waals surface area contributed by atoms with Crippen LogP contribution in [0.5, 0.6) is 0 Å². The van der Waals surface area contributed by atoms with Gasteiger partial charge < -0.3 is 29.6 Å². The highest BCUT2D eigenvalue weighted by Crippen LogP contribution is 2.40. The smallest absolute Gasteiger partial charge is 0.308 e. The van der Waals surface area contributed by atoms with Crippen molar-refractivity contribution in [1.29, 1.82) is 0 Å². The van der Waals surface area contributed by atoms with Gasteiger partial charge in [0.25, 0.3) is 0 Å². The van der Waals surface area contributed by atoms with E-state index >= 15 is 0 Å². The molecule has 2 unspecified atom stereocenters. The van der Waals surface area contributed by atoms with Crippen LogP contribution >= 0.6 is 0 Å². The molecule has 0 aromatic rings. The van der Waals surface area contributed by atoms with E-state index in [0.29, 0.717) is 26.1 Å². The Labute approximate surface area is 131 Å². The summed E-state index contributed by atoms with van der Waals surface area (Å²) in [5, 5.41) is 3.44. The van der Waals surface area contributed by atoms with Gasteiger partial charge in [-0.05, 0) is 39.0 Å². The summed E-state index contributed by atoms with van der Waals surface area (Å²) >= 11 is 0. The fourth-order valence-corrected chi connectivity index (χ4v) is 3.14. The number of nitrogens with zero attached hydrogens (tertiary/aromatic N) is 2. The van der Waals surface area contributed by atoms with Gasteiger partial charge in [-0.15, -0.1) is 0 Å². The molecule has 2 aliphatic rings. The van der Waals surface area contributed by atoms with E-state index in [2.05, 4.69) is 5.11 Å². The lowest BCUT2D eigenvalue weighted by Crippen LogP contribution is -2.35. The molecule has 1 aliphatic heterocycles. The first-order valence-electron chi connectivity index (χ1n) is 7.88.